The van der Waals surface area contributed by atoms with E-state index >= 15 is 0 Å². The van der Waals surface area contributed by atoms with Crippen LogP contribution in [-0.2, 0) is 6.54 Å². The molecule has 0 spiro atoms. The van der Waals surface area contributed by atoms with Gasteiger partial charge in [-0.25, -0.2) is 4.68 Å². The van der Waals surface area contributed by atoms with Crippen LogP contribution in [0.15, 0.2) is 59.4 Å². The Kier molecular flexibility index (Phi) is 3.70. The molecule has 1 aromatic heterocycles. The fourth-order valence-corrected chi connectivity index (χ4v) is 2.38. The number of hydrogen-bond donors (Lipinski definition) is 1. The van der Waals surface area contributed by atoms with E-state index in [-0.39, 0.29) is 17.2 Å². The van der Waals surface area contributed by atoms with Gasteiger partial charge in [0.1, 0.15) is 0 Å². The monoisotopic (exact) mass is 293 g/mol. The Morgan fingerprint density at radius 2 is 1.68 bits per heavy atom. The van der Waals surface area contributed by atoms with E-state index in [1.165, 1.54) is 4.68 Å². The summed E-state index contributed by atoms with van der Waals surface area (Å²) in [5, 5.41) is 7.88. The van der Waals surface area contributed by atoms with Crippen LogP contribution in [-0.4, -0.2) is 22.7 Å². The van der Waals surface area contributed by atoms with Gasteiger partial charge in [-0.3, -0.25) is 9.59 Å². The largest absolute Gasteiger partial charge is 0.354 e. The number of rotatable bonds is 3. The lowest BCUT2D eigenvalue weighted by molar-refractivity contribution is 0.0957. The summed E-state index contributed by atoms with van der Waals surface area (Å²) in [4.78, 5) is 24.6. The predicted molar refractivity (Wildman–Crippen MR) is 84.9 cm³/mol. The molecule has 110 valence electrons. The van der Waals surface area contributed by atoms with E-state index in [4.69, 9.17) is 0 Å². The van der Waals surface area contributed by atoms with Crippen molar-refractivity contribution in [1.29, 1.82) is 0 Å². The minimum Gasteiger partial charge on any atom is -0.354 e. The summed E-state index contributed by atoms with van der Waals surface area (Å²) >= 11 is 0. The molecular formula is C17H15N3O2. The van der Waals surface area contributed by atoms with Gasteiger partial charge in [0.05, 0.1) is 11.9 Å². The molecule has 1 heterocycles. The Hall–Kier alpha value is -2.95. The van der Waals surface area contributed by atoms with Crippen LogP contribution in [0.1, 0.15) is 16.1 Å². The summed E-state index contributed by atoms with van der Waals surface area (Å²) in [5.41, 5.74) is 1.01. The fourth-order valence-electron chi connectivity index (χ4n) is 2.38. The SMILES string of the molecule is CNC(=O)c1nn(Cc2ccccc2)c(=O)c2ccccc12. The molecule has 0 saturated carbocycles. The molecule has 1 N–H and O–H groups in total. The van der Waals surface area contributed by atoms with Crippen molar-refractivity contribution in [2.24, 2.45) is 0 Å². The van der Waals surface area contributed by atoms with Gasteiger partial charge in [-0.2, -0.15) is 5.10 Å². The highest BCUT2D eigenvalue weighted by atomic mass is 16.2. The number of nitrogens with zero attached hydrogens (tertiary/aromatic N) is 2. The molecule has 0 fully saturated rings. The summed E-state index contributed by atoms with van der Waals surface area (Å²) in [7, 11) is 1.55. The molecule has 0 aliphatic carbocycles. The summed E-state index contributed by atoms with van der Waals surface area (Å²) < 4.78 is 1.34. The Labute approximate surface area is 127 Å². The maximum Gasteiger partial charge on any atom is 0.274 e. The summed E-state index contributed by atoms with van der Waals surface area (Å²) in [6, 6.07) is 16.6. The Morgan fingerprint density at radius 3 is 2.36 bits per heavy atom. The second kappa shape index (κ2) is 5.81. The number of amides is 1. The number of carbonyl (C=O) groups excluding carboxylic acids is 1. The lowest BCUT2D eigenvalue weighted by atomic mass is 10.1. The van der Waals surface area contributed by atoms with Gasteiger partial charge >= 0.3 is 0 Å². The molecule has 22 heavy (non-hydrogen) atoms. The van der Waals surface area contributed by atoms with Crippen LogP contribution in [0.2, 0.25) is 0 Å². The van der Waals surface area contributed by atoms with Crippen molar-refractivity contribution in [2.45, 2.75) is 6.54 Å². The van der Waals surface area contributed by atoms with Gasteiger partial charge in [0.15, 0.2) is 5.69 Å². The number of hydrogen-bond acceptors (Lipinski definition) is 3. The molecule has 1 amide bonds. The summed E-state index contributed by atoms with van der Waals surface area (Å²) in [6.45, 7) is 0.328. The number of carbonyl (C=O) groups is 1. The minimum absolute atomic E-state index is 0.202. The highest BCUT2D eigenvalue weighted by Gasteiger charge is 2.15. The van der Waals surface area contributed by atoms with Crippen molar-refractivity contribution in [3.05, 3.63) is 76.2 Å². The van der Waals surface area contributed by atoms with Crippen molar-refractivity contribution >= 4 is 16.7 Å². The van der Waals surface area contributed by atoms with E-state index in [2.05, 4.69) is 10.4 Å². The number of aromatic nitrogens is 2. The standard InChI is InChI=1S/C17H15N3O2/c1-18-16(21)15-13-9-5-6-10-14(13)17(22)20(19-15)11-12-7-3-2-4-8-12/h2-10H,11H2,1H3,(H,18,21). The average Bonchev–Trinajstić information content (AvgIpc) is 2.58. The van der Waals surface area contributed by atoms with E-state index in [1.807, 2.05) is 30.3 Å². The number of benzene rings is 2. The second-order valence-electron chi connectivity index (χ2n) is 4.92. The first-order valence-corrected chi connectivity index (χ1v) is 6.96. The quantitative estimate of drug-likeness (QED) is 0.801. The lowest BCUT2D eigenvalue weighted by Gasteiger charge is -2.10. The van der Waals surface area contributed by atoms with Crippen LogP contribution in [0.4, 0.5) is 0 Å². The van der Waals surface area contributed by atoms with Gasteiger partial charge in [-0.1, -0.05) is 48.5 Å². The first-order valence-electron chi connectivity index (χ1n) is 6.96. The molecule has 3 rings (SSSR count). The molecular weight excluding hydrogens is 278 g/mol. The van der Waals surface area contributed by atoms with Gasteiger partial charge in [-0.05, 0) is 11.6 Å². The first-order chi connectivity index (χ1) is 10.7. The number of nitrogens with one attached hydrogen (secondary N) is 1. The molecule has 0 aliphatic heterocycles. The van der Waals surface area contributed by atoms with E-state index in [9.17, 15) is 9.59 Å². The van der Waals surface area contributed by atoms with E-state index < -0.39 is 0 Å². The Balaban J connectivity index is 2.21. The third kappa shape index (κ3) is 2.48. The van der Waals surface area contributed by atoms with E-state index in [0.29, 0.717) is 17.3 Å². The summed E-state index contributed by atoms with van der Waals surface area (Å²) in [6.07, 6.45) is 0. The third-order valence-corrected chi connectivity index (χ3v) is 3.49. The Bertz CT molecular complexity index is 885. The molecule has 0 unspecified atom stereocenters. The van der Waals surface area contributed by atoms with Gasteiger partial charge in [0.2, 0.25) is 0 Å². The molecule has 2 aromatic carbocycles. The zero-order chi connectivity index (χ0) is 15.5. The van der Waals surface area contributed by atoms with Crippen molar-refractivity contribution in [3.8, 4) is 0 Å². The second-order valence-corrected chi connectivity index (χ2v) is 4.92. The molecule has 0 atom stereocenters. The van der Waals surface area contributed by atoms with Crippen LogP contribution in [0, 0.1) is 0 Å². The molecule has 0 aliphatic rings. The van der Waals surface area contributed by atoms with Gasteiger partial charge in [0.25, 0.3) is 11.5 Å². The summed E-state index contributed by atoms with van der Waals surface area (Å²) in [5.74, 6) is -0.307. The van der Waals surface area contributed by atoms with Crippen molar-refractivity contribution in [2.75, 3.05) is 7.05 Å². The molecule has 5 nitrogen and oxygen atoms in total. The molecule has 0 saturated heterocycles. The van der Waals surface area contributed by atoms with Crippen LogP contribution >= 0.6 is 0 Å². The van der Waals surface area contributed by atoms with Crippen molar-refractivity contribution < 1.29 is 4.79 Å². The van der Waals surface area contributed by atoms with Crippen LogP contribution < -0.4 is 10.9 Å². The van der Waals surface area contributed by atoms with Gasteiger partial charge in [0, 0.05) is 12.4 Å². The molecule has 0 bridgehead atoms. The predicted octanol–water partition coefficient (Wildman–Crippen LogP) is 1.80. The van der Waals surface area contributed by atoms with Crippen LogP contribution in [0.5, 0.6) is 0 Å². The first kappa shape index (κ1) is 14.0. The fraction of sp³-hybridized carbons (Fsp3) is 0.118. The zero-order valence-electron chi connectivity index (χ0n) is 12.1. The smallest absolute Gasteiger partial charge is 0.274 e. The molecule has 5 heteroatoms. The number of fused-ring (bicyclic) bond motifs is 1. The average molecular weight is 293 g/mol. The zero-order valence-corrected chi connectivity index (χ0v) is 12.1. The topological polar surface area (TPSA) is 64.0 Å². The van der Waals surface area contributed by atoms with Gasteiger partial charge < -0.3 is 5.32 Å². The van der Waals surface area contributed by atoms with Crippen LogP contribution in [0.25, 0.3) is 10.8 Å². The minimum atomic E-state index is -0.307. The normalized spacial score (nSPS) is 10.6. The highest BCUT2D eigenvalue weighted by Crippen LogP contribution is 2.13. The van der Waals surface area contributed by atoms with Gasteiger partial charge in [-0.15, -0.1) is 0 Å². The highest BCUT2D eigenvalue weighted by molar-refractivity contribution is 6.04. The molecule has 3 aromatic rings. The van der Waals surface area contributed by atoms with Crippen molar-refractivity contribution in [3.63, 3.8) is 0 Å². The third-order valence-electron chi connectivity index (χ3n) is 3.49. The van der Waals surface area contributed by atoms with Crippen LogP contribution in [0.3, 0.4) is 0 Å². The maximum atomic E-state index is 12.6. The lowest BCUT2D eigenvalue weighted by Crippen LogP contribution is -2.29. The van der Waals surface area contributed by atoms with E-state index in [1.54, 1.807) is 31.3 Å². The van der Waals surface area contributed by atoms with Crippen molar-refractivity contribution in [1.82, 2.24) is 15.1 Å². The molecule has 0 radical (unpaired) electrons. The maximum absolute atomic E-state index is 12.6. The Morgan fingerprint density at radius 1 is 1.05 bits per heavy atom. The van der Waals surface area contributed by atoms with E-state index in [0.717, 1.165) is 5.56 Å².